The van der Waals surface area contributed by atoms with Crippen LogP contribution in [0, 0.1) is 5.41 Å². The second-order valence-corrected chi connectivity index (χ2v) is 10.3. The number of carbonyl (C=O) groups excluding carboxylic acids is 2. The molecule has 0 saturated heterocycles. The molecule has 4 rings (SSSR count). The standard InChI is InChI=1S/C27H28BrNO6/c1-27(2)12-19(30)23-21(13-27)35-25(29)24(26(31)33-4)22(23)15-8-9-20(32-3)16(10-15)14-34-18-7-5-6-17(28)11-18/h5-11,22H,12-14,29H2,1-4H3/t22-/m1/s1. The maximum atomic E-state index is 13.3. The van der Waals surface area contributed by atoms with E-state index in [-0.39, 0.29) is 29.3 Å². The van der Waals surface area contributed by atoms with Gasteiger partial charge in [0.2, 0.25) is 5.88 Å². The number of carbonyl (C=O) groups is 2. The fourth-order valence-electron chi connectivity index (χ4n) is 4.64. The van der Waals surface area contributed by atoms with Crippen LogP contribution < -0.4 is 15.2 Å². The summed E-state index contributed by atoms with van der Waals surface area (Å²) < 4.78 is 23.3. The third-order valence-electron chi connectivity index (χ3n) is 6.19. The molecule has 1 aliphatic carbocycles. The second-order valence-electron chi connectivity index (χ2n) is 9.40. The van der Waals surface area contributed by atoms with Crippen LogP contribution in [0.25, 0.3) is 0 Å². The highest BCUT2D eigenvalue weighted by Gasteiger charge is 2.45. The van der Waals surface area contributed by atoms with Gasteiger partial charge in [-0.15, -0.1) is 0 Å². The van der Waals surface area contributed by atoms with Gasteiger partial charge in [0.05, 0.1) is 20.1 Å². The van der Waals surface area contributed by atoms with Crippen molar-refractivity contribution in [1.29, 1.82) is 0 Å². The molecule has 1 heterocycles. The molecule has 1 atom stereocenters. The number of hydrogen-bond acceptors (Lipinski definition) is 7. The van der Waals surface area contributed by atoms with Crippen molar-refractivity contribution >= 4 is 27.7 Å². The molecule has 2 aromatic rings. The predicted octanol–water partition coefficient (Wildman–Crippen LogP) is 5.14. The number of halogens is 1. The lowest BCUT2D eigenvalue weighted by atomic mass is 9.70. The van der Waals surface area contributed by atoms with Crippen LogP contribution in [0.5, 0.6) is 11.5 Å². The van der Waals surface area contributed by atoms with Gasteiger partial charge in [-0.25, -0.2) is 4.79 Å². The third-order valence-corrected chi connectivity index (χ3v) is 6.68. The number of methoxy groups -OCH3 is 2. The van der Waals surface area contributed by atoms with Crippen LogP contribution in [0.1, 0.15) is 43.7 Å². The Labute approximate surface area is 213 Å². The molecule has 1 aliphatic heterocycles. The number of esters is 1. The zero-order valence-corrected chi connectivity index (χ0v) is 21.7. The fraction of sp³-hybridized carbons (Fsp3) is 0.333. The first-order valence-corrected chi connectivity index (χ1v) is 12.0. The first-order valence-electron chi connectivity index (χ1n) is 11.2. The Morgan fingerprint density at radius 2 is 1.94 bits per heavy atom. The van der Waals surface area contributed by atoms with Gasteiger partial charge in [0.25, 0.3) is 0 Å². The van der Waals surface area contributed by atoms with Gasteiger partial charge in [-0.2, -0.15) is 0 Å². The lowest BCUT2D eigenvalue weighted by molar-refractivity contribution is -0.136. The third kappa shape index (κ3) is 5.07. The lowest BCUT2D eigenvalue weighted by Gasteiger charge is -2.38. The van der Waals surface area contributed by atoms with Crippen molar-refractivity contribution < 1.29 is 28.5 Å². The SMILES string of the molecule is COC(=O)C1=C(N)OC2=C(C(=O)CC(C)(C)C2)[C@H]1c1ccc(OC)c(COc2cccc(Br)c2)c1. The average Bonchev–Trinajstić information content (AvgIpc) is 2.80. The van der Waals surface area contributed by atoms with Gasteiger partial charge in [0.15, 0.2) is 5.78 Å². The van der Waals surface area contributed by atoms with Crippen LogP contribution in [0.3, 0.4) is 0 Å². The number of ketones is 1. The van der Waals surface area contributed by atoms with Crippen molar-refractivity contribution in [2.24, 2.45) is 11.1 Å². The molecular formula is C27H28BrNO6. The van der Waals surface area contributed by atoms with Gasteiger partial charge >= 0.3 is 5.97 Å². The van der Waals surface area contributed by atoms with Gasteiger partial charge in [-0.05, 0) is 41.3 Å². The Balaban J connectivity index is 1.79. The fourth-order valence-corrected chi connectivity index (χ4v) is 5.01. The molecule has 0 unspecified atom stereocenters. The number of allylic oxidation sites excluding steroid dienone is 2. The molecule has 7 nitrogen and oxygen atoms in total. The number of Topliss-reactive ketones (excluding diaryl/α,β-unsaturated/α-hetero) is 1. The molecule has 0 aromatic heterocycles. The Bertz CT molecular complexity index is 1250. The Morgan fingerprint density at radius 1 is 1.17 bits per heavy atom. The zero-order chi connectivity index (χ0) is 25.3. The summed E-state index contributed by atoms with van der Waals surface area (Å²) in [6.45, 7) is 4.23. The molecule has 2 aromatic carbocycles. The molecule has 0 spiro atoms. The van der Waals surface area contributed by atoms with Crippen molar-refractivity contribution in [2.45, 2.75) is 39.2 Å². The maximum absolute atomic E-state index is 13.3. The van der Waals surface area contributed by atoms with E-state index >= 15 is 0 Å². The van der Waals surface area contributed by atoms with Gasteiger partial charge in [0.1, 0.15) is 29.4 Å². The van der Waals surface area contributed by atoms with E-state index in [1.807, 2.05) is 50.2 Å². The smallest absolute Gasteiger partial charge is 0.340 e. The minimum absolute atomic E-state index is 0.0474. The van der Waals surface area contributed by atoms with Gasteiger partial charge in [-0.1, -0.05) is 41.9 Å². The summed E-state index contributed by atoms with van der Waals surface area (Å²) in [7, 11) is 2.86. The normalized spacial score (nSPS) is 19.1. The molecule has 2 N–H and O–H groups in total. The van der Waals surface area contributed by atoms with Crippen LogP contribution >= 0.6 is 15.9 Å². The van der Waals surface area contributed by atoms with Crippen LogP contribution in [-0.2, 0) is 25.7 Å². The molecule has 184 valence electrons. The number of rotatable bonds is 6. The van der Waals surface area contributed by atoms with E-state index in [4.69, 9.17) is 24.7 Å². The number of hydrogen-bond donors (Lipinski definition) is 1. The van der Waals surface area contributed by atoms with Gasteiger partial charge in [-0.3, -0.25) is 4.79 Å². The quantitative estimate of drug-likeness (QED) is 0.505. The zero-order valence-electron chi connectivity index (χ0n) is 20.1. The van der Waals surface area contributed by atoms with E-state index in [2.05, 4.69) is 15.9 Å². The van der Waals surface area contributed by atoms with Crippen LogP contribution in [0.2, 0.25) is 0 Å². The minimum Gasteiger partial charge on any atom is -0.496 e. The molecule has 0 bridgehead atoms. The van der Waals surface area contributed by atoms with Crippen molar-refractivity contribution in [1.82, 2.24) is 0 Å². The number of ether oxygens (including phenoxy) is 4. The highest BCUT2D eigenvalue weighted by Crippen LogP contribution is 2.48. The molecule has 0 fully saturated rings. The van der Waals surface area contributed by atoms with Crippen molar-refractivity contribution in [3.05, 3.63) is 80.9 Å². The first-order chi connectivity index (χ1) is 16.6. The van der Waals surface area contributed by atoms with Crippen LogP contribution in [-0.4, -0.2) is 26.0 Å². The lowest BCUT2D eigenvalue weighted by Crippen LogP contribution is -2.35. The van der Waals surface area contributed by atoms with E-state index in [9.17, 15) is 9.59 Å². The van der Waals surface area contributed by atoms with Crippen LogP contribution in [0.15, 0.2) is 69.7 Å². The monoisotopic (exact) mass is 541 g/mol. The molecular weight excluding hydrogens is 514 g/mol. The van der Waals surface area contributed by atoms with Crippen molar-refractivity contribution in [2.75, 3.05) is 14.2 Å². The minimum atomic E-state index is -0.717. The van der Waals surface area contributed by atoms with Crippen LogP contribution in [0.4, 0.5) is 0 Å². The van der Waals surface area contributed by atoms with E-state index in [0.29, 0.717) is 41.2 Å². The molecule has 2 aliphatic rings. The van der Waals surface area contributed by atoms with Gasteiger partial charge < -0.3 is 24.7 Å². The van der Waals surface area contributed by atoms with Crippen molar-refractivity contribution in [3.63, 3.8) is 0 Å². The summed E-state index contributed by atoms with van der Waals surface area (Å²) in [6.07, 6.45) is 0.879. The topological polar surface area (TPSA) is 97.1 Å². The van der Waals surface area contributed by atoms with E-state index < -0.39 is 11.9 Å². The molecule has 0 saturated carbocycles. The van der Waals surface area contributed by atoms with E-state index in [1.165, 1.54) is 7.11 Å². The molecule has 0 radical (unpaired) electrons. The summed E-state index contributed by atoms with van der Waals surface area (Å²) in [5.74, 6) is 0.338. The molecule has 35 heavy (non-hydrogen) atoms. The maximum Gasteiger partial charge on any atom is 0.340 e. The molecule has 8 heteroatoms. The number of benzene rings is 2. The Hall–Kier alpha value is -3.26. The second kappa shape index (κ2) is 9.77. The summed E-state index contributed by atoms with van der Waals surface area (Å²) in [6, 6.07) is 13.0. The largest absolute Gasteiger partial charge is 0.496 e. The predicted molar refractivity (Wildman–Crippen MR) is 134 cm³/mol. The van der Waals surface area contributed by atoms with E-state index in [1.54, 1.807) is 13.2 Å². The van der Waals surface area contributed by atoms with Crippen molar-refractivity contribution in [3.8, 4) is 11.5 Å². The summed E-state index contributed by atoms with van der Waals surface area (Å²) in [5, 5.41) is 0. The van der Waals surface area contributed by atoms with Gasteiger partial charge in [0, 0.05) is 28.5 Å². The highest BCUT2D eigenvalue weighted by molar-refractivity contribution is 9.10. The molecule has 0 amide bonds. The average molecular weight is 542 g/mol. The Morgan fingerprint density at radius 3 is 2.63 bits per heavy atom. The highest BCUT2D eigenvalue weighted by atomic mass is 79.9. The first kappa shape index (κ1) is 24.9. The summed E-state index contributed by atoms with van der Waals surface area (Å²) in [4.78, 5) is 26.1. The summed E-state index contributed by atoms with van der Waals surface area (Å²) >= 11 is 3.44. The number of nitrogens with two attached hydrogens (primary N) is 1. The Kier molecular flexibility index (Phi) is 6.94. The van der Waals surface area contributed by atoms with E-state index in [0.717, 1.165) is 10.0 Å². The summed E-state index contributed by atoms with van der Waals surface area (Å²) in [5.41, 5.74) is 7.97.